The molecule has 0 spiro atoms. The van der Waals surface area contributed by atoms with E-state index >= 15 is 0 Å². The number of methoxy groups -OCH3 is 1. The summed E-state index contributed by atoms with van der Waals surface area (Å²) in [6.45, 7) is 5.10. The first kappa shape index (κ1) is 20.4. The predicted octanol–water partition coefficient (Wildman–Crippen LogP) is 2.30. The molecule has 1 N–H and O–H groups in total. The van der Waals surface area contributed by atoms with Gasteiger partial charge in [-0.25, -0.2) is 4.79 Å². The van der Waals surface area contributed by atoms with Crippen LogP contribution in [0.4, 0.5) is 10.5 Å². The van der Waals surface area contributed by atoms with Gasteiger partial charge in [-0.3, -0.25) is 9.78 Å². The van der Waals surface area contributed by atoms with Gasteiger partial charge in [0, 0.05) is 44.6 Å². The van der Waals surface area contributed by atoms with Crippen molar-refractivity contribution in [1.29, 1.82) is 0 Å². The Bertz CT molecular complexity index is 833. The van der Waals surface area contributed by atoms with Gasteiger partial charge in [0.05, 0.1) is 13.7 Å². The lowest BCUT2D eigenvalue weighted by atomic mass is 10.2. The second kappa shape index (κ2) is 9.77. The van der Waals surface area contributed by atoms with Gasteiger partial charge in [-0.1, -0.05) is 12.1 Å². The summed E-state index contributed by atoms with van der Waals surface area (Å²) in [6.07, 6.45) is 1.36. The second-order valence-corrected chi connectivity index (χ2v) is 6.60. The molecule has 2 amide bonds. The number of rotatable bonds is 6. The molecule has 0 saturated carbocycles. The Labute approximate surface area is 170 Å². The van der Waals surface area contributed by atoms with E-state index in [0.717, 1.165) is 17.0 Å². The molecule has 1 aliphatic heterocycles. The van der Waals surface area contributed by atoms with E-state index in [-0.39, 0.29) is 12.0 Å². The van der Waals surface area contributed by atoms with Crippen molar-refractivity contribution in [2.75, 3.05) is 44.8 Å². The number of nitrogens with one attached hydrogen (secondary N) is 1. The standard InChI is InChI=1S/C21H26N4O4/c1-3-29-21(27)25-12-10-24(11-13-25)17-8-9-22-19(14-17)20(26)23-15-16-4-6-18(28-2)7-5-16/h4-9,14H,3,10-13,15H2,1-2H3,(H,23,26). The first-order chi connectivity index (χ1) is 14.1. The van der Waals surface area contributed by atoms with Gasteiger partial charge in [-0.05, 0) is 36.8 Å². The number of carbonyl (C=O) groups is 2. The van der Waals surface area contributed by atoms with Crippen LogP contribution in [0.2, 0.25) is 0 Å². The molecule has 154 valence electrons. The average Bonchev–Trinajstić information content (AvgIpc) is 2.78. The second-order valence-electron chi connectivity index (χ2n) is 6.60. The van der Waals surface area contributed by atoms with Crippen molar-refractivity contribution in [3.05, 3.63) is 53.9 Å². The highest BCUT2D eigenvalue weighted by Gasteiger charge is 2.22. The summed E-state index contributed by atoms with van der Waals surface area (Å²) in [5, 5.41) is 2.89. The number of piperazine rings is 1. The molecular weight excluding hydrogens is 372 g/mol. The average molecular weight is 398 g/mol. The summed E-state index contributed by atoms with van der Waals surface area (Å²) in [4.78, 5) is 32.4. The van der Waals surface area contributed by atoms with Crippen LogP contribution < -0.4 is 15.0 Å². The lowest BCUT2D eigenvalue weighted by Crippen LogP contribution is -2.49. The number of benzene rings is 1. The zero-order valence-electron chi connectivity index (χ0n) is 16.8. The van der Waals surface area contributed by atoms with Crippen LogP contribution in [0.25, 0.3) is 0 Å². The van der Waals surface area contributed by atoms with E-state index < -0.39 is 0 Å². The number of carbonyl (C=O) groups excluding carboxylic acids is 2. The van der Waals surface area contributed by atoms with Crippen molar-refractivity contribution in [3.63, 3.8) is 0 Å². The van der Waals surface area contributed by atoms with E-state index in [2.05, 4.69) is 15.2 Å². The molecule has 2 aromatic rings. The molecular formula is C21H26N4O4. The number of amides is 2. The Kier molecular flexibility index (Phi) is 6.89. The number of anilines is 1. The van der Waals surface area contributed by atoms with Crippen molar-refractivity contribution in [2.24, 2.45) is 0 Å². The molecule has 8 heteroatoms. The van der Waals surface area contributed by atoms with Gasteiger partial charge in [0.2, 0.25) is 0 Å². The lowest BCUT2D eigenvalue weighted by Gasteiger charge is -2.35. The van der Waals surface area contributed by atoms with Crippen molar-refractivity contribution in [3.8, 4) is 5.75 Å². The highest BCUT2D eigenvalue weighted by Crippen LogP contribution is 2.17. The van der Waals surface area contributed by atoms with Crippen molar-refractivity contribution < 1.29 is 19.1 Å². The van der Waals surface area contributed by atoms with Gasteiger partial charge in [0.25, 0.3) is 5.91 Å². The minimum Gasteiger partial charge on any atom is -0.497 e. The smallest absolute Gasteiger partial charge is 0.409 e. The molecule has 2 heterocycles. The molecule has 1 fully saturated rings. The third kappa shape index (κ3) is 5.37. The fourth-order valence-corrected chi connectivity index (χ4v) is 3.12. The van der Waals surface area contributed by atoms with Crippen molar-refractivity contribution in [2.45, 2.75) is 13.5 Å². The summed E-state index contributed by atoms with van der Waals surface area (Å²) in [7, 11) is 1.62. The number of pyridine rings is 1. The van der Waals surface area contributed by atoms with E-state index in [1.807, 2.05) is 30.3 Å². The van der Waals surface area contributed by atoms with Gasteiger partial charge >= 0.3 is 6.09 Å². The zero-order chi connectivity index (χ0) is 20.6. The number of aromatic nitrogens is 1. The largest absolute Gasteiger partial charge is 0.497 e. The Morgan fingerprint density at radius 1 is 1.10 bits per heavy atom. The normalized spacial score (nSPS) is 13.7. The molecule has 3 rings (SSSR count). The van der Waals surface area contributed by atoms with Crippen LogP contribution in [-0.4, -0.2) is 61.8 Å². The first-order valence-electron chi connectivity index (χ1n) is 9.64. The van der Waals surface area contributed by atoms with E-state index in [0.29, 0.717) is 45.0 Å². The minimum absolute atomic E-state index is 0.229. The van der Waals surface area contributed by atoms with Gasteiger partial charge in [0.15, 0.2) is 0 Å². The molecule has 8 nitrogen and oxygen atoms in total. The maximum atomic E-state index is 12.5. The third-order valence-electron chi connectivity index (χ3n) is 4.76. The fraction of sp³-hybridized carbons (Fsp3) is 0.381. The summed E-state index contributed by atoms with van der Waals surface area (Å²) in [5.41, 5.74) is 2.26. The monoisotopic (exact) mass is 398 g/mol. The van der Waals surface area contributed by atoms with Crippen LogP contribution in [0.1, 0.15) is 23.0 Å². The highest BCUT2D eigenvalue weighted by molar-refractivity contribution is 5.93. The molecule has 0 atom stereocenters. The molecule has 1 saturated heterocycles. The van der Waals surface area contributed by atoms with Gasteiger partial charge in [-0.15, -0.1) is 0 Å². The van der Waals surface area contributed by atoms with Crippen molar-refractivity contribution in [1.82, 2.24) is 15.2 Å². The number of hydrogen-bond acceptors (Lipinski definition) is 6. The third-order valence-corrected chi connectivity index (χ3v) is 4.76. The number of hydrogen-bond donors (Lipinski definition) is 1. The van der Waals surface area contributed by atoms with E-state index in [1.165, 1.54) is 0 Å². The van der Waals surface area contributed by atoms with E-state index in [9.17, 15) is 9.59 Å². The minimum atomic E-state index is -0.277. The first-order valence-corrected chi connectivity index (χ1v) is 9.64. The molecule has 1 aromatic heterocycles. The van der Waals surface area contributed by atoms with Crippen LogP contribution in [0, 0.1) is 0 Å². The Balaban J connectivity index is 1.56. The van der Waals surface area contributed by atoms with Crippen LogP contribution in [0.5, 0.6) is 5.75 Å². The number of ether oxygens (including phenoxy) is 2. The topological polar surface area (TPSA) is 84.0 Å². The quantitative estimate of drug-likeness (QED) is 0.804. The van der Waals surface area contributed by atoms with E-state index in [4.69, 9.17) is 9.47 Å². The lowest BCUT2D eigenvalue weighted by molar-refractivity contribution is 0.0945. The molecule has 1 aromatic carbocycles. The highest BCUT2D eigenvalue weighted by atomic mass is 16.6. The Morgan fingerprint density at radius 2 is 1.83 bits per heavy atom. The maximum absolute atomic E-state index is 12.5. The van der Waals surface area contributed by atoms with E-state index in [1.54, 1.807) is 31.2 Å². The summed E-state index contributed by atoms with van der Waals surface area (Å²) < 4.78 is 10.2. The van der Waals surface area contributed by atoms with Gasteiger partial charge in [0.1, 0.15) is 11.4 Å². The zero-order valence-corrected chi connectivity index (χ0v) is 16.8. The van der Waals surface area contributed by atoms with Gasteiger partial charge < -0.3 is 24.6 Å². The SMILES string of the molecule is CCOC(=O)N1CCN(c2ccnc(C(=O)NCc3ccc(OC)cc3)c2)CC1. The van der Waals surface area contributed by atoms with Crippen LogP contribution in [0.15, 0.2) is 42.6 Å². The molecule has 0 unspecified atom stereocenters. The Hall–Kier alpha value is -3.29. The maximum Gasteiger partial charge on any atom is 0.409 e. The van der Waals surface area contributed by atoms with Crippen molar-refractivity contribution >= 4 is 17.7 Å². The summed E-state index contributed by atoms with van der Waals surface area (Å²) in [6, 6.07) is 11.2. The molecule has 29 heavy (non-hydrogen) atoms. The Morgan fingerprint density at radius 3 is 2.48 bits per heavy atom. The summed E-state index contributed by atoms with van der Waals surface area (Å²) >= 11 is 0. The van der Waals surface area contributed by atoms with Crippen LogP contribution in [0.3, 0.4) is 0 Å². The van der Waals surface area contributed by atoms with Crippen LogP contribution >= 0.6 is 0 Å². The predicted molar refractivity (Wildman–Crippen MR) is 109 cm³/mol. The fourth-order valence-electron chi connectivity index (χ4n) is 3.12. The van der Waals surface area contributed by atoms with Gasteiger partial charge in [-0.2, -0.15) is 0 Å². The molecule has 1 aliphatic rings. The molecule has 0 radical (unpaired) electrons. The molecule has 0 bridgehead atoms. The molecule has 0 aliphatic carbocycles. The number of nitrogens with zero attached hydrogens (tertiary/aromatic N) is 3. The summed E-state index contributed by atoms with van der Waals surface area (Å²) in [5.74, 6) is 0.547. The van der Waals surface area contributed by atoms with Crippen LogP contribution in [-0.2, 0) is 11.3 Å².